The summed E-state index contributed by atoms with van der Waals surface area (Å²) in [7, 11) is 0. The third kappa shape index (κ3) is 2.66. The quantitative estimate of drug-likeness (QED) is 0.768. The monoisotopic (exact) mass is 239 g/mol. The van der Waals surface area contributed by atoms with E-state index in [9.17, 15) is 4.79 Å². The molecule has 2 aliphatic rings. The van der Waals surface area contributed by atoms with E-state index in [1.807, 2.05) is 13.8 Å². The van der Waals surface area contributed by atoms with Gasteiger partial charge in [0.15, 0.2) is 0 Å². The van der Waals surface area contributed by atoms with E-state index in [-0.39, 0.29) is 24.0 Å². The Hall–Kier alpha value is -0.940. The molecular formula is C12H21N3O2. The summed E-state index contributed by atoms with van der Waals surface area (Å²) in [5, 5.41) is 2.86. The molecule has 0 aromatic carbocycles. The number of aliphatic imine (C=N–C) groups is 1. The van der Waals surface area contributed by atoms with Crippen LogP contribution >= 0.6 is 0 Å². The molecule has 0 bridgehead atoms. The molecule has 0 aromatic rings. The first-order chi connectivity index (χ1) is 8.11. The van der Waals surface area contributed by atoms with Crippen molar-refractivity contribution in [1.29, 1.82) is 0 Å². The molecule has 1 saturated heterocycles. The molecule has 5 nitrogen and oxygen atoms in total. The first-order valence-electron chi connectivity index (χ1n) is 6.34. The Morgan fingerprint density at radius 2 is 2.35 bits per heavy atom. The number of morpholine rings is 1. The standard InChI is InChI=1S/C12H21N3O2/c1-4-15-5-6-17-9(7-15)11-13-10(8(2)3)12(16)14-11/h8-10H,4-7H2,1-3H3,(H,13,14,16). The predicted octanol–water partition coefficient (Wildman–Crippen LogP) is 0.260. The van der Waals surface area contributed by atoms with Gasteiger partial charge in [-0.1, -0.05) is 20.8 Å². The van der Waals surface area contributed by atoms with Crippen LogP contribution in [0.2, 0.25) is 0 Å². The zero-order valence-electron chi connectivity index (χ0n) is 10.8. The molecule has 96 valence electrons. The minimum Gasteiger partial charge on any atom is -0.368 e. The van der Waals surface area contributed by atoms with Crippen LogP contribution < -0.4 is 5.32 Å². The normalized spacial score (nSPS) is 30.6. The first kappa shape index (κ1) is 12.5. The topological polar surface area (TPSA) is 53.9 Å². The van der Waals surface area contributed by atoms with Gasteiger partial charge in [-0.2, -0.15) is 0 Å². The van der Waals surface area contributed by atoms with Crippen LogP contribution in [0.1, 0.15) is 20.8 Å². The number of ether oxygens (including phenoxy) is 1. The highest BCUT2D eigenvalue weighted by Gasteiger charge is 2.34. The molecule has 0 saturated carbocycles. The lowest BCUT2D eigenvalue weighted by Crippen LogP contribution is -2.49. The summed E-state index contributed by atoms with van der Waals surface area (Å²) in [4.78, 5) is 18.5. The zero-order valence-corrected chi connectivity index (χ0v) is 10.8. The lowest BCUT2D eigenvalue weighted by molar-refractivity contribution is -0.121. The molecule has 1 N–H and O–H groups in total. The molecule has 2 aliphatic heterocycles. The summed E-state index contributed by atoms with van der Waals surface area (Å²) in [5.74, 6) is 0.956. The SMILES string of the molecule is CCN1CCOC(C2=NC(C(C)C)C(=O)N2)C1. The van der Waals surface area contributed by atoms with Gasteiger partial charge < -0.3 is 10.1 Å². The van der Waals surface area contributed by atoms with Gasteiger partial charge in [0.25, 0.3) is 0 Å². The highest BCUT2D eigenvalue weighted by Crippen LogP contribution is 2.15. The van der Waals surface area contributed by atoms with Gasteiger partial charge in [0.05, 0.1) is 6.61 Å². The van der Waals surface area contributed by atoms with E-state index in [1.54, 1.807) is 0 Å². The lowest BCUT2D eigenvalue weighted by atomic mass is 10.1. The second-order valence-corrected chi connectivity index (χ2v) is 4.95. The van der Waals surface area contributed by atoms with E-state index in [1.165, 1.54) is 0 Å². The fourth-order valence-electron chi connectivity index (χ4n) is 2.21. The number of hydrogen-bond acceptors (Lipinski definition) is 4. The van der Waals surface area contributed by atoms with Crippen molar-refractivity contribution in [1.82, 2.24) is 10.2 Å². The Morgan fingerprint density at radius 3 is 2.94 bits per heavy atom. The molecule has 0 radical (unpaired) electrons. The molecule has 17 heavy (non-hydrogen) atoms. The maximum absolute atomic E-state index is 11.7. The lowest BCUT2D eigenvalue weighted by Gasteiger charge is -2.31. The zero-order chi connectivity index (χ0) is 12.4. The molecule has 2 heterocycles. The number of carbonyl (C=O) groups is 1. The molecule has 2 rings (SSSR count). The molecule has 1 amide bonds. The molecule has 5 heteroatoms. The molecule has 0 spiro atoms. The number of rotatable bonds is 3. The Balaban J connectivity index is 2.03. The average Bonchev–Trinajstić information content (AvgIpc) is 2.71. The number of likely N-dealkylation sites (N-methyl/N-ethyl adjacent to an activating group) is 1. The van der Waals surface area contributed by atoms with Crippen LogP contribution in [0.15, 0.2) is 4.99 Å². The third-order valence-corrected chi connectivity index (χ3v) is 3.33. The summed E-state index contributed by atoms with van der Waals surface area (Å²) in [6.07, 6.45) is -0.0728. The number of amides is 1. The van der Waals surface area contributed by atoms with Crippen molar-refractivity contribution in [2.45, 2.75) is 32.9 Å². The van der Waals surface area contributed by atoms with Crippen LogP contribution in [0, 0.1) is 5.92 Å². The summed E-state index contributed by atoms with van der Waals surface area (Å²) in [5.41, 5.74) is 0. The molecule has 2 atom stereocenters. The molecule has 2 unspecified atom stereocenters. The van der Waals surface area contributed by atoms with Crippen LogP contribution in [-0.2, 0) is 9.53 Å². The largest absolute Gasteiger partial charge is 0.368 e. The maximum atomic E-state index is 11.7. The highest BCUT2D eigenvalue weighted by atomic mass is 16.5. The van der Waals surface area contributed by atoms with Gasteiger partial charge in [-0.15, -0.1) is 0 Å². The number of nitrogens with one attached hydrogen (secondary N) is 1. The van der Waals surface area contributed by atoms with Crippen LogP contribution in [0.5, 0.6) is 0 Å². The van der Waals surface area contributed by atoms with E-state index in [4.69, 9.17) is 4.74 Å². The Morgan fingerprint density at radius 1 is 1.59 bits per heavy atom. The highest BCUT2D eigenvalue weighted by molar-refractivity contribution is 6.07. The van der Waals surface area contributed by atoms with Crippen LogP contribution in [0.3, 0.4) is 0 Å². The van der Waals surface area contributed by atoms with Crippen LogP contribution in [-0.4, -0.2) is 55.0 Å². The second kappa shape index (κ2) is 5.14. The van der Waals surface area contributed by atoms with Gasteiger partial charge in [0, 0.05) is 13.1 Å². The van der Waals surface area contributed by atoms with E-state index in [2.05, 4.69) is 22.1 Å². The maximum Gasteiger partial charge on any atom is 0.250 e. The van der Waals surface area contributed by atoms with Crippen molar-refractivity contribution in [3.05, 3.63) is 0 Å². The minimum absolute atomic E-state index is 0.00669. The van der Waals surface area contributed by atoms with Crippen molar-refractivity contribution in [3.8, 4) is 0 Å². The van der Waals surface area contributed by atoms with Gasteiger partial charge in [-0.25, -0.2) is 0 Å². The number of nitrogens with zero attached hydrogens (tertiary/aromatic N) is 2. The number of amidine groups is 1. The fourth-order valence-corrected chi connectivity index (χ4v) is 2.21. The fraction of sp³-hybridized carbons (Fsp3) is 0.833. The van der Waals surface area contributed by atoms with Crippen molar-refractivity contribution in [2.24, 2.45) is 10.9 Å². The molecule has 0 aromatic heterocycles. The summed E-state index contributed by atoms with van der Waals surface area (Å²) < 4.78 is 5.68. The summed E-state index contributed by atoms with van der Waals surface area (Å²) >= 11 is 0. The molecular weight excluding hydrogens is 218 g/mol. The Labute approximate surface area is 102 Å². The van der Waals surface area contributed by atoms with E-state index in [0.29, 0.717) is 12.4 Å². The van der Waals surface area contributed by atoms with Crippen molar-refractivity contribution < 1.29 is 9.53 Å². The van der Waals surface area contributed by atoms with E-state index >= 15 is 0 Å². The Kier molecular flexibility index (Phi) is 3.79. The summed E-state index contributed by atoms with van der Waals surface area (Å²) in [6.45, 7) is 9.65. The predicted molar refractivity (Wildman–Crippen MR) is 66.1 cm³/mol. The van der Waals surface area contributed by atoms with Gasteiger partial charge >= 0.3 is 0 Å². The van der Waals surface area contributed by atoms with Gasteiger partial charge in [0.1, 0.15) is 18.0 Å². The van der Waals surface area contributed by atoms with E-state index in [0.717, 1.165) is 19.6 Å². The van der Waals surface area contributed by atoms with Gasteiger partial charge in [-0.05, 0) is 12.5 Å². The first-order valence-corrected chi connectivity index (χ1v) is 6.34. The average molecular weight is 239 g/mol. The van der Waals surface area contributed by atoms with Gasteiger partial charge in [-0.3, -0.25) is 14.7 Å². The molecule has 1 fully saturated rings. The molecule has 0 aliphatic carbocycles. The number of carbonyl (C=O) groups excluding carboxylic acids is 1. The van der Waals surface area contributed by atoms with Crippen molar-refractivity contribution >= 4 is 11.7 Å². The van der Waals surface area contributed by atoms with Crippen molar-refractivity contribution in [2.75, 3.05) is 26.2 Å². The second-order valence-electron chi connectivity index (χ2n) is 4.95. The minimum atomic E-state index is -0.245. The Bertz CT molecular complexity index is 328. The van der Waals surface area contributed by atoms with Crippen LogP contribution in [0.25, 0.3) is 0 Å². The van der Waals surface area contributed by atoms with E-state index < -0.39 is 0 Å². The van der Waals surface area contributed by atoms with Gasteiger partial charge in [0.2, 0.25) is 5.91 Å². The smallest absolute Gasteiger partial charge is 0.250 e. The number of hydrogen-bond donors (Lipinski definition) is 1. The summed E-state index contributed by atoms with van der Waals surface area (Å²) in [6, 6.07) is -0.245. The third-order valence-electron chi connectivity index (χ3n) is 3.33. The van der Waals surface area contributed by atoms with Crippen molar-refractivity contribution in [3.63, 3.8) is 0 Å². The van der Waals surface area contributed by atoms with Crippen LogP contribution in [0.4, 0.5) is 0 Å².